The predicted molar refractivity (Wildman–Crippen MR) is 68.4 cm³/mol. The van der Waals surface area contributed by atoms with Gasteiger partial charge in [-0.1, -0.05) is 12.1 Å². The third kappa shape index (κ3) is 3.18. The van der Waals surface area contributed by atoms with Gasteiger partial charge in [0.2, 0.25) is 0 Å². The van der Waals surface area contributed by atoms with Gasteiger partial charge < -0.3 is 10.5 Å². The first-order valence-electron chi connectivity index (χ1n) is 5.09. The van der Waals surface area contributed by atoms with E-state index in [9.17, 15) is 0 Å². The fourth-order valence-corrected chi connectivity index (χ4v) is 1.44. The van der Waals surface area contributed by atoms with Crippen LogP contribution in [0, 0.1) is 0 Å². The van der Waals surface area contributed by atoms with Crippen LogP contribution in [0.5, 0.6) is 5.75 Å². The minimum Gasteiger partial charge on any atom is -0.497 e. The molecule has 0 aliphatic carbocycles. The van der Waals surface area contributed by atoms with Crippen LogP contribution in [0.4, 0.5) is 0 Å². The van der Waals surface area contributed by atoms with Crippen molar-refractivity contribution in [3.8, 4) is 17.1 Å². The molecule has 1 heterocycles. The summed E-state index contributed by atoms with van der Waals surface area (Å²) in [4.78, 5) is 4.34. The van der Waals surface area contributed by atoms with Crippen molar-refractivity contribution in [2.45, 2.75) is 6.42 Å². The molecule has 0 saturated heterocycles. The van der Waals surface area contributed by atoms with Gasteiger partial charge in [-0.2, -0.15) is 5.10 Å². The van der Waals surface area contributed by atoms with E-state index in [1.54, 1.807) is 7.11 Å². The number of H-pyrrole nitrogens is 1. The average molecular weight is 255 g/mol. The zero-order valence-corrected chi connectivity index (χ0v) is 10.3. The standard InChI is InChI=1S/C11H14N4O.ClH/c1-16-9-4-2-3-8(7-9)11-13-10(5-6-12)14-15-11;/h2-4,7H,5-6,12H2,1H3,(H,13,14,15);1H. The summed E-state index contributed by atoms with van der Waals surface area (Å²) in [5.41, 5.74) is 6.38. The highest BCUT2D eigenvalue weighted by atomic mass is 35.5. The molecule has 0 unspecified atom stereocenters. The lowest BCUT2D eigenvalue weighted by molar-refractivity contribution is 0.415. The molecule has 17 heavy (non-hydrogen) atoms. The molecule has 6 heteroatoms. The van der Waals surface area contributed by atoms with Crippen LogP contribution in [0.3, 0.4) is 0 Å². The summed E-state index contributed by atoms with van der Waals surface area (Å²) in [7, 11) is 1.64. The zero-order valence-electron chi connectivity index (χ0n) is 9.51. The summed E-state index contributed by atoms with van der Waals surface area (Å²) in [5.74, 6) is 2.27. The zero-order chi connectivity index (χ0) is 11.4. The van der Waals surface area contributed by atoms with Crippen LogP contribution in [0.2, 0.25) is 0 Å². The van der Waals surface area contributed by atoms with Crippen molar-refractivity contribution < 1.29 is 4.74 Å². The van der Waals surface area contributed by atoms with E-state index in [-0.39, 0.29) is 12.4 Å². The lowest BCUT2D eigenvalue weighted by Gasteiger charge is -2.00. The first-order chi connectivity index (χ1) is 7.83. The molecule has 0 amide bonds. The third-order valence-electron chi connectivity index (χ3n) is 2.24. The second-order valence-corrected chi connectivity index (χ2v) is 3.38. The van der Waals surface area contributed by atoms with Crippen molar-refractivity contribution in [2.75, 3.05) is 13.7 Å². The number of methoxy groups -OCH3 is 1. The topological polar surface area (TPSA) is 76.8 Å². The van der Waals surface area contributed by atoms with Crippen LogP contribution < -0.4 is 10.5 Å². The predicted octanol–water partition coefficient (Wildman–Crippen LogP) is 1.40. The van der Waals surface area contributed by atoms with Gasteiger partial charge in [0.25, 0.3) is 0 Å². The van der Waals surface area contributed by atoms with Crippen molar-refractivity contribution in [3.63, 3.8) is 0 Å². The number of hydrogen-bond acceptors (Lipinski definition) is 4. The molecule has 3 N–H and O–H groups in total. The number of aromatic amines is 1. The number of nitrogens with one attached hydrogen (secondary N) is 1. The molecule has 0 fully saturated rings. The Morgan fingerprint density at radius 3 is 2.94 bits per heavy atom. The number of benzene rings is 1. The Balaban J connectivity index is 0.00000144. The molecule has 1 aromatic heterocycles. The highest BCUT2D eigenvalue weighted by molar-refractivity contribution is 5.85. The lowest BCUT2D eigenvalue weighted by atomic mass is 10.2. The van der Waals surface area contributed by atoms with E-state index in [0.29, 0.717) is 18.8 Å². The molecule has 1 aromatic carbocycles. The molecule has 2 aromatic rings. The summed E-state index contributed by atoms with van der Waals surface area (Å²) in [5, 5.41) is 6.99. The normalized spacial score (nSPS) is 9.76. The molecule has 0 radical (unpaired) electrons. The summed E-state index contributed by atoms with van der Waals surface area (Å²) in [6, 6.07) is 7.64. The second-order valence-electron chi connectivity index (χ2n) is 3.38. The molecule has 0 aliphatic rings. The Labute approximate surface area is 106 Å². The molecule has 2 rings (SSSR count). The van der Waals surface area contributed by atoms with E-state index in [4.69, 9.17) is 10.5 Å². The SMILES string of the molecule is COc1cccc(-c2n[nH]c(CCN)n2)c1.Cl. The molecular formula is C11H15ClN4O. The Kier molecular flexibility index (Phi) is 4.93. The number of nitrogens with two attached hydrogens (primary N) is 1. The van der Waals surface area contributed by atoms with Crippen molar-refractivity contribution in [1.82, 2.24) is 15.2 Å². The fraction of sp³-hybridized carbons (Fsp3) is 0.273. The summed E-state index contributed by atoms with van der Waals surface area (Å²) in [6.07, 6.45) is 0.705. The van der Waals surface area contributed by atoms with Crippen LogP contribution >= 0.6 is 12.4 Å². The van der Waals surface area contributed by atoms with Crippen LogP contribution in [0.1, 0.15) is 5.82 Å². The highest BCUT2D eigenvalue weighted by Crippen LogP contribution is 2.20. The molecule has 0 spiro atoms. The van der Waals surface area contributed by atoms with Gasteiger partial charge >= 0.3 is 0 Å². The first kappa shape index (κ1) is 13.5. The summed E-state index contributed by atoms with van der Waals surface area (Å²) >= 11 is 0. The van der Waals surface area contributed by atoms with Crippen LogP contribution in [0.15, 0.2) is 24.3 Å². The maximum absolute atomic E-state index is 5.45. The number of nitrogens with zero attached hydrogens (tertiary/aromatic N) is 2. The van der Waals surface area contributed by atoms with E-state index in [0.717, 1.165) is 17.1 Å². The van der Waals surface area contributed by atoms with E-state index in [1.807, 2.05) is 24.3 Å². The Hall–Kier alpha value is -1.59. The van der Waals surface area contributed by atoms with Crippen molar-refractivity contribution >= 4 is 12.4 Å². The average Bonchev–Trinajstić information content (AvgIpc) is 2.78. The van der Waals surface area contributed by atoms with Gasteiger partial charge in [-0.25, -0.2) is 4.98 Å². The monoisotopic (exact) mass is 254 g/mol. The van der Waals surface area contributed by atoms with Gasteiger partial charge in [0, 0.05) is 12.0 Å². The molecular weight excluding hydrogens is 240 g/mol. The maximum atomic E-state index is 5.45. The van der Waals surface area contributed by atoms with Gasteiger partial charge in [0.15, 0.2) is 5.82 Å². The number of aromatic nitrogens is 3. The number of rotatable bonds is 4. The van der Waals surface area contributed by atoms with Gasteiger partial charge in [-0.05, 0) is 18.7 Å². The van der Waals surface area contributed by atoms with E-state index < -0.39 is 0 Å². The number of ether oxygens (including phenoxy) is 1. The Morgan fingerprint density at radius 2 is 2.24 bits per heavy atom. The van der Waals surface area contributed by atoms with Crippen molar-refractivity contribution in [1.29, 1.82) is 0 Å². The largest absolute Gasteiger partial charge is 0.497 e. The highest BCUT2D eigenvalue weighted by Gasteiger charge is 2.05. The molecule has 92 valence electrons. The smallest absolute Gasteiger partial charge is 0.181 e. The van der Waals surface area contributed by atoms with E-state index in [1.165, 1.54) is 0 Å². The third-order valence-corrected chi connectivity index (χ3v) is 2.24. The fourth-order valence-electron chi connectivity index (χ4n) is 1.44. The maximum Gasteiger partial charge on any atom is 0.181 e. The quantitative estimate of drug-likeness (QED) is 0.865. The number of halogens is 1. The van der Waals surface area contributed by atoms with Crippen LogP contribution in [0.25, 0.3) is 11.4 Å². The van der Waals surface area contributed by atoms with Gasteiger partial charge in [0.1, 0.15) is 11.6 Å². The molecule has 0 bridgehead atoms. The van der Waals surface area contributed by atoms with Gasteiger partial charge in [-0.3, -0.25) is 5.10 Å². The van der Waals surface area contributed by atoms with E-state index in [2.05, 4.69) is 15.2 Å². The molecule has 0 atom stereocenters. The number of hydrogen-bond donors (Lipinski definition) is 2. The minimum atomic E-state index is 0. The Bertz CT molecular complexity index is 472. The van der Waals surface area contributed by atoms with Gasteiger partial charge in [0.05, 0.1) is 7.11 Å². The second kappa shape index (κ2) is 6.22. The molecule has 0 saturated carbocycles. The first-order valence-corrected chi connectivity index (χ1v) is 5.09. The summed E-state index contributed by atoms with van der Waals surface area (Å²) in [6.45, 7) is 0.562. The lowest BCUT2D eigenvalue weighted by Crippen LogP contribution is -2.03. The van der Waals surface area contributed by atoms with Crippen molar-refractivity contribution in [2.24, 2.45) is 5.73 Å². The Morgan fingerprint density at radius 1 is 1.41 bits per heavy atom. The molecule has 0 aliphatic heterocycles. The van der Waals surface area contributed by atoms with Crippen LogP contribution in [-0.2, 0) is 6.42 Å². The van der Waals surface area contributed by atoms with Crippen molar-refractivity contribution in [3.05, 3.63) is 30.1 Å². The molecule has 5 nitrogen and oxygen atoms in total. The van der Waals surface area contributed by atoms with Gasteiger partial charge in [-0.15, -0.1) is 12.4 Å². The summed E-state index contributed by atoms with van der Waals surface area (Å²) < 4.78 is 5.14. The van der Waals surface area contributed by atoms with Crippen LogP contribution in [-0.4, -0.2) is 28.8 Å². The van der Waals surface area contributed by atoms with E-state index >= 15 is 0 Å². The minimum absolute atomic E-state index is 0.